The monoisotopic (exact) mass is 437 g/mol. The third-order valence-electron chi connectivity index (χ3n) is 4.05. The maximum Gasteiger partial charge on any atom is 0.307 e. The molecule has 3 aromatic rings. The molecular weight excluding hydrogens is 421 g/mol. The van der Waals surface area contributed by atoms with Crippen molar-refractivity contribution in [3.8, 4) is 0 Å². The quantitative estimate of drug-likeness (QED) is 0.610. The van der Waals surface area contributed by atoms with Gasteiger partial charge in [0.2, 0.25) is 10.0 Å². The highest BCUT2D eigenvalue weighted by Gasteiger charge is 2.15. The summed E-state index contributed by atoms with van der Waals surface area (Å²) in [5.74, 6) is -1.97. The lowest BCUT2D eigenvalue weighted by atomic mass is 10.2. The van der Waals surface area contributed by atoms with E-state index < -0.39 is 27.7 Å². The van der Waals surface area contributed by atoms with E-state index in [0.29, 0.717) is 10.2 Å². The molecule has 0 atom stereocenters. The summed E-state index contributed by atoms with van der Waals surface area (Å²) in [4.78, 5) is 28.1. The van der Waals surface area contributed by atoms with E-state index in [1.54, 1.807) is 4.57 Å². The number of fused-ring (bicyclic) bond motifs is 1. The third-order valence-corrected chi connectivity index (χ3v) is 6.00. The van der Waals surface area contributed by atoms with Crippen molar-refractivity contribution in [1.82, 2.24) is 4.57 Å². The molecule has 0 unspecified atom stereocenters. The molecule has 3 rings (SSSR count). The van der Waals surface area contributed by atoms with Gasteiger partial charge in [0.05, 0.1) is 34.2 Å². The fourth-order valence-corrected chi connectivity index (χ4v) is 4.33. The molecule has 2 N–H and O–H groups in total. The SMILES string of the molecule is COC(=O)CCn1c(=NC(=O)c2ccccc2F)sc2cc(S(N)(=O)=O)ccc21. The topological polar surface area (TPSA) is 121 Å². The number of ether oxygens (including phenoxy) is 1. The Kier molecular flexibility index (Phi) is 5.91. The highest BCUT2D eigenvalue weighted by molar-refractivity contribution is 7.89. The Bertz CT molecular complexity index is 1280. The number of methoxy groups -OCH3 is 1. The number of rotatable bonds is 5. The van der Waals surface area contributed by atoms with Crippen LogP contribution in [0.3, 0.4) is 0 Å². The molecule has 1 aromatic heterocycles. The zero-order valence-electron chi connectivity index (χ0n) is 15.2. The number of esters is 1. The number of hydrogen-bond acceptors (Lipinski definition) is 6. The molecule has 0 radical (unpaired) electrons. The Labute approximate surface area is 169 Å². The molecular formula is C18H16FN3O5S2. The fourth-order valence-electron chi connectivity index (χ4n) is 2.62. The van der Waals surface area contributed by atoms with Crippen LogP contribution in [0, 0.1) is 5.82 Å². The fraction of sp³-hybridized carbons (Fsp3) is 0.167. The second-order valence-electron chi connectivity index (χ2n) is 5.93. The van der Waals surface area contributed by atoms with Crippen LogP contribution in [0.15, 0.2) is 52.4 Å². The number of nitrogens with two attached hydrogens (primary N) is 1. The van der Waals surface area contributed by atoms with Gasteiger partial charge in [-0.2, -0.15) is 4.99 Å². The number of aryl methyl sites for hydroxylation is 1. The number of amides is 1. The summed E-state index contributed by atoms with van der Waals surface area (Å²) < 4.78 is 43.8. The minimum absolute atomic E-state index is 0.000345. The molecule has 152 valence electrons. The number of carbonyl (C=O) groups excluding carboxylic acids is 2. The summed E-state index contributed by atoms with van der Waals surface area (Å²) in [5, 5.41) is 5.17. The first kappa shape index (κ1) is 20.8. The van der Waals surface area contributed by atoms with Gasteiger partial charge in [0.25, 0.3) is 5.91 Å². The van der Waals surface area contributed by atoms with E-state index in [0.717, 1.165) is 17.4 Å². The molecule has 0 aliphatic heterocycles. The van der Waals surface area contributed by atoms with Gasteiger partial charge in [-0.3, -0.25) is 9.59 Å². The summed E-state index contributed by atoms with van der Waals surface area (Å²) in [6.45, 7) is 0.130. The third kappa shape index (κ3) is 4.58. The Morgan fingerprint density at radius 2 is 1.97 bits per heavy atom. The van der Waals surface area contributed by atoms with Crippen LogP contribution in [0.25, 0.3) is 10.2 Å². The van der Waals surface area contributed by atoms with Gasteiger partial charge in [0.15, 0.2) is 4.80 Å². The molecule has 11 heteroatoms. The van der Waals surface area contributed by atoms with Crippen molar-refractivity contribution < 1.29 is 27.1 Å². The number of halogens is 1. The van der Waals surface area contributed by atoms with Crippen LogP contribution in [-0.4, -0.2) is 32.0 Å². The van der Waals surface area contributed by atoms with E-state index in [2.05, 4.69) is 9.73 Å². The molecule has 0 aliphatic carbocycles. The number of primary sulfonamides is 1. The van der Waals surface area contributed by atoms with Crippen molar-refractivity contribution in [1.29, 1.82) is 0 Å². The van der Waals surface area contributed by atoms with Crippen LogP contribution in [0.5, 0.6) is 0 Å². The molecule has 0 fully saturated rings. The van der Waals surface area contributed by atoms with Crippen molar-refractivity contribution in [2.75, 3.05) is 7.11 Å². The Hall–Kier alpha value is -2.89. The number of hydrogen-bond donors (Lipinski definition) is 1. The summed E-state index contributed by atoms with van der Waals surface area (Å²) in [6, 6.07) is 9.62. The van der Waals surface area contributed by atoms with Crippen LogP contribution in [-0.2, 0) is 26.1 Å². The van der Waals surface area contributed by atoms with Gasteiger partial charge in [-0.1, -0.05) is 23.5 Å². The Morgan fingerprint density at radius 3 is 2.62 bits per heavy atom. The summed E-state index contributed by atoms with van der Waals surface area (Å²) in [5.41, 5.74) is 0.348. The molecule has 0 aliphatic rings. The predicted octanol–water partition coefficient (Wildman–Crippen LogP) is 1.79. The lowest BCUT2D eigenvalue weighted by molar-refractivity contribution is -0.140. The van der Waals surface area contributed by atoms with Gasteiger partial charge in [0.1, 0.15) is 5.82 Å². The standard InChI is InChI=1S/C18H16FN3O5S2/c1-27-16(23)8-9-22-14-7-6-11(29(20,25)26)10-15(14)28-18(22)21-17(24)12-4-2-3-5-13(12)19/h2-7,10H,8-9H2,1H3,(H2,20,25,26). The van der Waals surface area contributed by atoms with Crippen LogP contribution >= 0.6 is 11.3 Å². The van der Waals surface area contributed by atoms with E-state index >= 15 is 0 Å². The van der Waals surface area contributed by atoms with E-state index in [4.69, 9.17) is 5.14 Å². The molecule has 8 nitrogen and oxygen atoms in total. The summed E-state index contributed by atoms with van der Waals surface area (Å²) in [7, 11) is -2.67. The van der Waals surface area contributed by atoms with Crippen molar-refractivity contribution >= 4 is 43.5 Å². The summed E-state index contributed by atoms with van der Waals surface area (Å²) >= 11 is 1.02. The molecule has 0 saturated heterocycles. The molecule has 2 aromatic carbocycles. The van der Waals surface area contributed by atoms with Crippen LogP contribution < -0.4 is 9.94 Å². The predicted molar refractivity (Wildman–Crippen MR) is 104 cm³/mol. The average Bonchev–Trinajstić information content (AvgIpc) is 3.01. The second kappa shape index (κ2) is 8.23. The number of thiazole rings is 1. The van der Waals surface area contributed by atoms with Crippen molar-refractivity contribution in [2.24, 2.45) is 10.1 Å². The minimum atomic E-state index is -3.92. The zero-order valence-corrected chi connectivity index (χ0v) is 16.8. The first-order valence-corrected chi connectivity index (χ1v) is 10.6. The molecule has 1 amide bonds. The smallest absolute Gasteiger partial charge is 0.307 e. The van der Waals surface area contributed by atoms with Crippen LogP contribution in [0.4, 0.5) is 4.39 Å². The largest absolute Gasteiger partial charge is 0.469 e. The lowest BCUT2D eigenvalue weighted by Crippen LogP contribution is -2.19. The molecule has 29 heavy (non-hydrogen) atoms. The first-order chi connectivity index (χ1) is 13.7. The minimum Gasteiger partial charge on any atom is -0.469 e. The van der Waals surface area contributed by atoms with Gasteiger partial charge in [-0.05, 0) is 30.3 Å². The lowest BCUT2D eigenvalue weighted by Gasteiger charge is -2.05. The highest BCUT2D eigenvalue weighted by atomic mass is 32.2. The van der Waals surface area contributed by atoms with Gasteiger partial charge >= 0.3 is 5.97 Å². The Morgan fingerprint density at radius 1 is 1.24 bits per heavy atom. The van der Waals surface area contributed by atoms with Crippen molar-refractivity contribution in [3.63, 3.8) is 0 Å². The van der Waals surface area contributed by atoms with Gasteiger partial charge in [0, 0.05) is 6.54 Å². The van der Waals surface area contributed by atoms with Crippen LogP contribution in [0.2, 0.25) is 0 Å². The molecule has 0 spiro atoms. The number of aromatic nitrogens is 1. The van der Waals surface area contributed by atoms with E-state index in [1.165, 1.54) is 43.5 Å². The van der Waals surface area contributed by atoms with Gasteiger partial charge in [-0.25, -0.2) is 17.9 Å². The maximum atomic E-state index is 13.9. The summed E-state index contributed by atoms with van der Waals surface area (Å²) in [6.07, 6.45) is 0.000345. The number of sulfonamides is 1. The maximum absolute atomic E-state index is 13.9. The van der Waals surface area contributed by atoms with E-state index in [-0.39, 0.29) is 28.2 Å². The van der Waals surface area contributed by atoms with E-state index in [9.17, 15) is 22.4 Å². The van der Waals surface area contributed by atoms with Crippen molar-refractivity contribution in [2.45, 2.75) is 17.9 Å². The molecule has 0 bridgehead atoms. The normalized spacial score (nSPS) is 12.3. The molecule has 1 heterocycles. The van der Waals surface area contributed by atoms with Gasteiger partial charge < -0.3 is 9.30 Å². The first-order valence-electron chi connectivity index (χ1n) is 8.27. The zero-order chi connectivity index (χ0) is 21.2. The molecule has 0 saturated carbocycles. The number of nitrogens with zero attached hydrogens (tertiary/aromatic N) is 2. The Balaban J connectivity index is 2.16. The highest BCUT2D eigenvalue weighted by Crippen LogP contribution is 2.22. The van der Waals surface area contributed by atoms with Gasteiger partial charge in [-0.15, -0.1) is 0 Å². The van der Waals surface area contributed by atoms with Crippen LogP contribution in [0.1, 0.15) is 16.8 Å². The number of benzene rings is 2. The van der Waals surface area contributed by atoms with E-state index in [1.807, 2.05) is 0 Å². The van der Waals surface area contributed by atoms with Crippen molar-refractivity contribution in [3.05, 3.63) is 58.6 Å². The second-order valence-corrected chi connectivity index (χ2v) is 8.50. The number of carbonyl (C=O) groups is 2. The average molecular weight is 437 g/mol.